The van der Waals surface area contributed by atoms with E-state index in [1.54, 1.807) is 22.7 Å². The molecule has 10 rings (SSSR count). The second-order valence-corrected chi connectivity index (χ2v) is 17.2. The van der Waals surface area contributed by atoms with Crippen LogP contribution >= 0.6 is 38.6 Å². The molecule has 58 heavy (non-hydrogen) atoms. The van der Waals surface area contributed by atoms with E-state index in [4.69, 9.17) is 4.98 Å². The van der Waals surface area contributed by atoms with Gasteiger partial charge in [0.15, 0.2) is 0 Å². The Morgan fingerprint density at radius 2 is 0.672 bits per heavy atom. The maximum absolute atomic E-state index is 4.80. The third kappa shape index (κ3) is 8.27. The summed E-state index contributed by atoms with van der Waals surface area (Å²) in [5.74, 6) is 0. The van der Waals surface area contributed by atoms with Gasteiger partial charge in [-0.25, -0.2) is 9.97 Å². The van der Waals surface area contributed by atoms with E-state index in [0.717, 1.165) is 48.1 Å². The molecule has 0 fully saturated rings. The average Bonchev–Trinajstić information content (AvgIpc) is 3.91. The first kappa shape index (κ1) is 37.4. The molecule has 0 amide bonds. The zero-order valence-electron chi connectivity index (χ0n) is 32.0. The van der Waals surface area contributed by atoms with Crippen molar-refractivity contribution in [3.05, 3.63) is 210 Å². The number of para-hydroxylation sites is 2. The van der Waals surface area contributed by atoms with Crippen molar-refractivity contribution in [2.75, 3.05) is 4.90 Å². The van der Waals surface area contributed by atoms with E-state index >= 15 is 0 Å². The monoisotopic (exact) mass is 847 g/mol. The lowest BCUT2D eigenvalue weighted by atomic mass is 9.99. The molecule has 0 atom stereocenters. The van der Waals surface area contributed by atoms with Crippen LogP contribution in [0.3, 0.4) is 0 Å². The first-order valence-corrected chi connectivity index (χ1v) is 21.6. The highest BCUT2D eigenvalue weighted by Gasteiger charge is 2.13. The number of anilines is 3. The second-order valence-electron chi connectivity index (χ2n) is 14.2. The van der Waals surface area contributed by atoms with Crippen LogP contribution in [0.1, 0.15) is 11.1 Å². The van der Waals surface area contributed by atoms with E-state index in [9.17, 15) is 0 Å². The quantitative estimate of drug-likeness (QED) is 0.160. The number of aromatic nitrogens is 2. The van der Waals surface area contributed by atoms with Crippen LogP contribution in [-0.4, -0.2) is 9.97 Å². The number of aryl methyl sites for hydroxylation is 2. The molecular weight excluding hydrogens is 811 g/mol. The summed E-state index contributed by atoms with van der Waals surface area (Å²) < 4.78 is 3.55. The van der Waals surface area contributed by atoms with Gasteiger partial charge in [-0.3, -0.25) is 0 Å². The Morgan fingerprint density at radius 3 is 1.05 bits per heavy atom. The molecule has 8 aromatic carbocycles. The number of fused-ring (bicyclic) bond motifs is 2. The maximum Gasteiger partial charge on any atom is 0.124 e. The Kier molecular flexibility index (Phi) is 10.8. The van der Waals surface area contributed by atoms with E-state index in [-0.39, 0.29) is 0 Å². The summed E-state index contributed by atoms with van der Waals surface area (Å²) >= 11 is 6.90. The minimum absolute atomic E-state index is 1.06. The van der Waals surface area contributed by atoms with Gasteiger partial charge in [0.05, 0.1) is 20.4 Å². The van der Waals surface area contributed by atoms with E-state index in [1.807, 2.05) is 36.4 Å². The number of rotatable bonds is 7. The number of benzene rings is 8. The van der Waals surface area contributed by atoms with Crippen LogP contribution in [0.5, 0.6) is 0 Å². The van der Waals surface area contributed by atoms with E-state index < -0.39 is 0 Å². The molecule has 2 heterocycles. The summed E-state index contributed by atoms with van der Waals surface area (Å²) in [6.45, 7) is 4.25. The van der Waals surface area contributed by atoms with Crippen LogP contribution in [0.4, 0.5) is 17.1 Å². The summed E-state index contributed by atoms with van der Waals surface area (Å²) in [7, 11) is 0. The van der Waals surface area contributed by atoms with Gasteiger partial charge in [-0.05, 0) is 109 Å². The summed E-state index contributed by atoms with van der Waals surface area (Å²) in [5, 5.41) is 2.14. The molecule has 0 spiro atoms. The number of hydrogen-bond acceptors (Lipinski definition) is 5. The Labute approximate surface area is 355 Å². The standard InChI is InChI=1S/C39H30N2S.C13H8BrNS/c1-27-7-21-34(22-8-27)41(35-23-9-28(2)10-24-35)36-25-19-32(20-26-36)30-13-11-29(12-14-30)31-15-17-33(18-16-31)39-40-37-5-3-4-6-38(37)42-39;14-10-7-5-9(6-8-10)13-15-11-3-1-2-4-12(11)16-13/h3-26H,1-2H3;1-8H. The van der Waals surface area contributed by atoms with Crippen LogP contribution in [0.2, 0.25) is 0 Å². The molecule has 10 aromatic rings. The summed E-state index contributed by atoms with van der Waals surface area (Å²) in [5.41, 5.74) is 15.2. The molecule has 2 aromatic heterocycles. The number of hydrogen-bond donors (Lipinski definition) is 0. The molecule has 0 N–H and O–H groups in total. The third-order valence-electron chi connectivity index (χ3n) is 10.1. The van der Waals surface area contributed by atoms with Gasteiger partial charge in [-0.1, -0.05) is 148 Å². The summed E-state index contributed by atoms with van der Waals surface area (Å²) in [4.78, 5) is 11.7. The van der Waals surface area contributed by atoms with Crippen molar-refractivity contribution in [2.45, 2.75) is 13.8 Å². The van der Waals surface area contributed by atoms with Crippen molar-refractivity contribution < 1.29 is 0 Å². The van der Waals surface area contributed by atoms with Gasteiger partial charge in [0.1, 0.15) is 10.0 Å². The Bertz CT molecular complexity index is 2820. The van der Waals surface area contributed by atoms with Crippen molar-refractivity contribution in [1.82, 2.24) is 9.97 Å². The fraction of sp³-hybridized carbons (Fsp3) is 0.0385. The van der Waals surface area contributed by atoms with Crippen LogP contribution in [0, 0.1) is 13.8 Å². The van der Waals surface area contributed by atoms with Crippen molar-refractivity contribution in [2.24, 2.45) is 0 Å². The number of halogens is 1. The average molecular weight is 849 g/mol. The minimum Gasteiger partial charge on any atom is -0.311 e. The van der Waals surface area contributed by atoms with Gasteiger partial charge in [-0.15, -0.1) is 22.7 Å². The molecule has 0 unspecified atom stereocenters. The predicted octanol–water partition coefficient (Wildman–Crippen LogP) is 16.1. The van der Waals surface area contributed by atoms with E-state index in [2.05, 4.69) is 197 Å². The molecule has 0 saturated heterocycles. The van der Waals surface area contributed by atoms with Crippen LogP contribution in [-0.2, 0) is 0 Å². The van der Waals surface area contributed by atoms with Gasteiger partial charge in [-0.2, -0.15) is 0 Å². The lowest BCUT2D eigenvalue weighted by Crippen LogP contribution is -2.09. The maximum atomic E-state index is 4.80. The molecule has 0 aliphatic heterocycles. The van der Waals surface area contributed by atoms with Gasteiger partial charge in [0.2, 0.25) is 0 Å². The molecule has 6 heteroatoms. The van der Waals surface area contributed by atoms with Crippen molar-refractivity contribution in [1.29, 1.82) is 0 Å². The molecule has 3 nitrogen and oxygen atoms in total. The molecule has 0 bridgehead atoms. The van der Waals surface area contributed by atoms with Crippen molar-refractivity contribution in [3.63, 3.8) is 0 Å². The van der Waals surface area contributed by atoms with E-state index in [1.165, 1.54) is 48.3 Å². The van der Waals surface area contributed by atoms with Crippen LogP contribution < -0.4 is 4.90 Å². The number of thiazole rings is 2. The first-order chi connectivity index (χ1) is 28.4. The first-order valence-electron chi connectivity index (χ1n) is 19.2. The number of nitrogens with zero attached hydrogens (tertiary/aromatic N) is 3. The molecular formula is C52H38BrN3S2. The molecule has 0 aliphatic rings. The van der Waals surface area contributed by atoms with Crippen molar-refractivity contribution >= 4 is 76.1 Å². The van der Waals surface area contributed by atoms with Gasteiger partial charge in [0.25, 0.3) is 0 Å². The minimum atomic E-state index is 1.06. The van der Waals surface area contributed by atoms with Crippen molar-refractivity contribution in [3.8, 4) is 43.4 Å². The molecule has 0 aliphatic carbocycles. The normalized spacial score (nSPS) is 11.0. The highest BCUT2D eigenvalue weighted by atomic mass is 79.9. The smallest absolute Gasteiger partial charge is 0.124 e. The fourth-order valence-electron chi connectivity index (χ4n) is 6.88. The lowest BCUT2D eigenvalue weighted by Gasteiger charge is -2.26. The Hall–Kier alpha value is -6.18. The predicted molar refractivity (Wildman–Crippen MR) is 253 cm³/mol. The molecule has 0 saturated carbocycles. The third-order valence-corrected chi connectivity index (χ3v) is 12.8. The molecule has 280 valence electrons. The van der Waals surface area contributed by atoms with Gasteiger partial charge in [0, 0.05) is 32.7 Å². The second kappa shape index (κ2) is 16.7. The zero-order chi connectivity index (χ0) is 39.4. The van der Waals surface area contributed by atoms with Crippen LogP contribution in [0.15, 0.2) is 199 Å². The highest BCUT2D eigenvalue weighted by molar-refractivity contribution is 9.10. The fourth-order valence-corrected chi connectivity index (χ4v) is 9.09. The van der Waals surface area contributed by atoms with E-state index in [0.29, 0.717) is 0 Å². The molecule has 0 radical (unpaired) electrons. The zero-order valence-corrected chi connectivity index (χ0v) is 35.2. The Balaban J connectivity index is 0.000000226. The van der Waals surface area contributed by atoms with Gasteiger partial charge < -0.3 is 4.90 Å². The topological polar surface area (TPSA) is 29.0 Å². The summed E-state index contributed by atoms with van der Waals surface area (Å²) in [6.07, 6.45) is 0. The summed E-state index contributed by atoms with van der Waals surface area (Å²) in [6, 6.07) is 68.6. The Morgan fingerprint density at radius 1 is 0.362 bits per heavy atom. The van der Waals surface area contributed by atoms with Crippen LogP contribution in [0.25, 0.3) is 63.8 Å². The lowest BCUT2D eigenvalue weighted by molar-refractivity contribution is 1.27. The van der Waals surface area contributed by atoms with Gasteiger partial charge >= 0.3 is 0 Å². The highest BCUT2D eigenvalue weighted by Crippen LogP contribution is 2.37. The largest absolute Gasteiger partial charge is 0.311 e. The SMILES string of the molecule is Brc1ccc(-c2nc3ccccc3s2)cc1.Cc1ccc(N(c2ccc(C)cc2)c2ccc(-c3ccc(-c4ccc(-c5nc6ccccc6s5)cc4)cc3)cc2)cc1.